The second kappa shape index (κ2) is 6.79. The number of Topliss-reactive ketones (excluding diaryl/α,β-unsaturated/α-hetero) is 1. The van der Waals surface area contributed by atoms with Gasteiger partial charge in [-0.05, 0) is 30.2 Å². The summed E-state index contributed by atoms with van der Waals surface area (Å²) in [7, 11) is 1.58. The van der Waals surface area contributed by atoms with Crippen LogP contribution in [0.3, 0.4) is 0 Å². The zero-order valence-corrected chi connectivity index (χ0v) is 13.5. The number of nitrogens with zero attached hydrogens (tertiary/aromatic N) is 2. The first-order valence-electron chi connectivity index (χ1n) is 6.91. The van der Waals surface area contributed by atoms with Gasteiger partial charge in [0, 0.05) is 24.4 Å². The van der Waals surface area contributed by atoms with Crippen LogP contribution in [0.5, 0.6) is 0 Å². The van der Waals surface area contributed by atoms with Gasteiger partial charge in [-0.1, -0.05) is 13.8 Å². The predicted octanol–water partition coefficient (Wildman–Crippen LogP) is 3.79. The van der Waals surface area contributed by atoms with Crippen LogP contribution in [0, 0.1) is 11.7 Å². The van der Waals surface area contributed by atoms with E-state index in [1.165, 1.54) is 40.5 Å². The number of ketones is 1. The number of hydrogen-bond donors (Lipinski definition) is 0. The smallest absolute Gasteiger partial charge is 0.259 e. The molecule has 116 valence electrons. The average Bonchev–Trinajstić information content (AvgIpc) is 2.95. The Labute approximate surface area is 132 Å². The van der Waals surface area contributed by atoms with Crippen LogP contribution in [0.2, 0.25) is 0 Å². The summed E-state index contributed by atoms with van der Waals surface area (Å²) >= 11 is 1.24. The first-order chi connectivity index (χ1) is 10.4. The molecule has 0 fully saturated rings. The Morgan fingerprint density at radius 1 is 1.27 bits per heavy atom. The van der Waals surface area contributed by atoms with Crippen molar-refractivity contribution in [2.75, 3.05) is 11.9 Å². The van der Waals surface area contributed by atoms with Crippen molar-refractivity contribution in [3.8, 4) is 0 Å². The lowest BCUT2D eigenvalue weighted by Crippen LogP contribution is -2.26. The Hall–Kier alpha value is -2.08. The first kappa shape index (κ1) is 16.3. The highest BCUT2D eigenvalue weighted by molar-refractivity contribution is 7.14. The number of benzene rings is 1. The van der Waals surface area contributed by atoms with Gasteiger partial charge < -0.3 is 0 Å². The molecule has 4 nitrogen and oxygen atoms in total. The van der Waals surface area contributed by atoms with E-state index in [0.717, 1.165) is 0 Å². The molecule has 0 aliphatic rings. The Morgan fingerprint density at radius 3 is 2.50 bits per heavy atom. The van der Waals surface area contributed by atoms with E-state index in [4.69, 9.17) is 0 Å². The van der Waals surface area contributed by atoms with Gasteiger partial charge in [0.25, 0.3) is 5.91 Å². The molecule has 0 saturated heterocycles. The molecule has 0 N–H and O–H groups in total. The predicted molar refractivity (Wildman–Crippen MR) is 85.0 cm³/mol. The second-order valence-electron chi connectivity index (χ2n) is 5.41. The van der Waals surface area contributed by atoms with Crippen LogP contribution in [-0.4, -0.2) is 23.7 Å². The fraction of sp³-hybridized carbons (Fsp3) is 0.312. The van der Waals surface area contributed by atoms with Gasteiger partial charge in [-0.2, -0.15) is 0 Å². The minimum Gasteiger partial charge on any atom is -0.292 e. The molecule has 0 aliphatic carbocycles. The van der Waals surface area contributed by atoms with Gasteiger partial charge in [0.15, 0.2) is 10.9 Å². The van der Waals surface area contributed by atoms with Gasteiger partial charge in [0.2, 0.25) is 0 Å². The van der Waals surface area contributed by atoms with Crippen LogP contribution in [0.25, 0.3) is 0 Å². The fourth-order valence-electron chi connectivity index (χ4n) is 1.89. The number of aromatic nitrogens is 1. The Bertz CT molecular complexity index is 680. The largest absolute Gasteiger partial charge is 0.292 e. The highest BCUT2D eigenvalue weighted by Crippen LogP contribution is 2.22. The molecule has 6 heteroatoms. The van der Waals surface area contributed by atoms with E-state index in [9.17, 15) is 14.0 Å². The van der Waals surface area contributed by atoms with Crippen molar-refractivity contribution in [1.82, 2.24) is 4.98 Å². The Kier molecular flexibility index (Phi) is 5.03. The Balaban J connectivity index is 2.14. The van der Waals surface area contributed by atoms with E-state index >= 15 is 0 Å². The molecule has 1 aromatic carbocycles. The molecule has 0 saturated carbocycles. The van der Waals surface area contributed by atoms with Crippen molar-refractivity contribution in [3.05, 3.63) is 46.7 Å². The lowest BCUT2D eigenvalue weighted by atomic mass is 10.1. The molecule has 0 atom stereocenters. The molecular formula is C16H17FN2O2S. The summed E-state index contributed by atoms with van der Waals surface area (Å²) in [5.74, 6) is -0.455. The first-order valence-corrected chi connectivity index (χ1v) is 7.78. The zero-order valence-electron chi connectivity index (χ0n) is 12.7. The quantitative estimate of drug-likeness (QED) is 0.788. The van der Waals surface area contributed by atoms with Gasteiger partial charge in [0.05, 0.1) is 0 Å². The van der Waals surface area contributed by atoms with Crippen LogP contribution in [-0.2, 0) is 0 Å². The maximum Gasteiger partial charge on any atom is 0.259 e. The number of rotatable bonds is 5. The summed E-state index contributed by atoms with van der Waals surface area (Å²) in [4.78, 5) is 29.9. The highest BCUT2D eigenvalue weighted by atomic mass is 32.1. The minimum atomic E-state index is -0.393. The molecule has 0 unspecified atom stereocenters. The summed E-state index contributed by atoms with van der Waals surface area (Å²) < 4.78 is 12.9. The molecule has 1 aromatic heterocycles. The molecule has 0 radical (unpaired) electrons. The highest BCUT2D eigenvalue weighted by Gasteiger charge is 2.19. The minimum absolute atomic E-state index is 0.0277. The monoisotopic (exact) mass is 320 g/mol. The van der Waals surface area contributed by atoms with Gasteiger partial charge in [-0.15, -0.1) is 11.3 Å². The number of thiazole rings is 1. The van der Waals surface area contributed by atoms with E-state index in [-0.39, 0.29) is 17.6 Å². The third-order valence-corrected chi connectivity index (χ3v) is 3.97. The van der Waals surface area contributed by atoms with E-state index < -0.39 is 5.82 Å². The van der Waals surface area contributed by atoms with Crippen molar-refractivity contribution in [2.24, 2.45) is 5.92 Å². The van der Waals surface area contributed by atoms with Crippen LogP contribution in [0.4, 0.5) is 9.52 Å². The zero-order chi connectivity index (χ0) is 16.3. The normalized spacial score (nSPS) is 10.8. The lowest BCUT2D eigenvalue weighted by molar-refractivity contribution is 0.0959. The maximum atomic E-state index is 12.9. The fourth-order valence-corrected chi connectivity index (χ4v) is 2.69. The summed E-state index contributed by atoms with van der Waals surface area (Å²) in [5, 5.41) is 2.11. The van der Waals surface area contributed by atoms with E-state index in [1.807, 2.05) is 13.8 Å². The van der Waals surface area contributed by atoms with E-state index in [1.54, 1.807) is 12.4 Å². The average molecular weight is 320 g/mol. The molecule has 2 rings (SSSR count). The lowest BCUT2D eigenvalue weighted by Gasteiger charge is -2.13. The number of amides is 1. The van der Waals surface area contributed by atoms with Crippen molar-refractivity contribution in [3.63, 3.8) is 0 Å². The summed E-state index contributed by atoms with van der Waals surface area (Å²) in [6.07, 6.45) is 0.429. The molecule has 0 aliphatic heterocycles. The van der Waals surface area contributed by atoms with Crippen molar-refractivity contribution in [1.29, 1.82) is 0 Å². The van der Waals surface area contributed by atoms with Crippen LogP contribution < -0.4 is 4.90 Å². The third-order valence-electron chi connectivity index (χ3n) is 3.05. The van der Waals surface area contributed by atoms with Crippen LogP contribution in [0.15, 0.2) is 29.6 Å². The molecule has 2 aromatic rings. The van der Waals surface area contributed by atoms with Gasteiger partial charge in [0.1, 0.15) is 11.5 Å². The number of carbonyl (C=O) groups excluding carboxylic acids is 2. The topological polar surface area (TPSA) is 50.3 Å². The van der Waals surface area contributed by atoms with E-state index in [2.05, 4.69) is 4.98 Å². The summed E-state index contributed by atoms with van der Waals surface area (Å²) in [6, 6.07) is 5.32. The van der Waals surface area contributed by atoms with Crippen LogP contribution >= 0.6 is 11.3 Å². The molecule has 22 heavy (non-hydrogen) atoms. The molecule has 0 spiro atoms. The van der Waals surface area contributed by atoms with Crippen LogP contribution in [0.1, 0.15) is 41.1 Å². The van der Waals surface area contributed by atoms with E-state index in [0.29, 0.717) is 22.8 Å². The third kappa shape index (κ3) is 3.76. The van der Waals surface area contributed by atoms with Gasteiger partial charge in [-0.25, -0.2) is 9.37 Å². The van der Waals surface area contributed by atoms with Gasteiger partial charge >= 0.3 is 0 Å². The summed E-state index contributed by atoms with van der Waals surface area (Å²) in [6.45, 7) is 3.94. The molecule has 0 bridgehead atoms. The maximum absolute atomic E-state index is 12.9. The van der Waals surface area contributed by atoms with Crippen molar-refractivity contribution >= 4 is 28.2 Å². The van der Waals surface area contributed by atoms with Crippen molar-refractivity contribution in [2.45, 2.75) is 20.3 Å². The summed E-state index contributed by atoms with van der Waals surface area (Å²) in [5.41, 5.74) is 0.751. The SMILES string of the molecule is CC(C)CC(=O)c1csc(N(C)C(=O)c2ccc(F)cc2)n1. The van der Waals surface area contributed by atoms with Crippen molar-refractivity contribution < 1.29 is 14.0 Å². The number of hydrogen-bond acceptors (Lipinski definition) is 4. The number of anilines is 1. The van der Waals surface area contributed by atoms with Gasteiger partial charge in [-0.3, -0.25) is 14.5 Å². The Morgan fingerprint density at radius 2 is 1.91 bits per heavy atom. The molecule has 1 amide bonds. The standard InChI is InChI=1S/C16H17FN2O2S/c1-10(2)8-14(20)13-9-22-16(18-13)19(3)15(21)11-4-6-12(17)7-5-11/h4-7,9-10H,8H2,1-3H3. The molecule has 1 heterocycles. The second-order valence-corrected chi connectivity index (χ2v) is 6.24. The number of halogens is 1. The number of carbonyl (C=O) groups is 2. The molecular weight excluding hydrogens is 303 g/mol.